The number of alkyl halides is 1. The highest BCUT2D eigenvalue weighted by Gasteiger charge is 2.28. The van der Waals surface area contributed by atoms with E-state index in [2.05, 4.69) is 12.2 Å². The van der Waals surface area contributed by atoms with Gasteiger partial charge in [-0.25, -0.2) is 0 Å². The monoisotopic (exact) mass is 391 g/mol. The minimum Gasteiger partial charge on any atom is -0.494 e. The minimum absolute atomic E-state index is 0.0648. The summed E-state index contributed by atoms with van der Waals surface area (Å²) in [6.45, 7) is 4.72. The number of anilines is 1. The van der Waals surface area contributed by atoms with Gasteiger partial charge in [-0.1, -0.05) is 6.92 Å². The fourth-order valence-corrected chi connectivity index (χ4v) is 4.74. The van der Waals surface area contributed by atoms with E-state index in [1.165, 1.54) is 16.2 Å². The largest absolute Gasteiger partial charge is 0.494 e. The lowest BCUT2D eigenvalue weighted by molar-refractivity contribution is -0.113. The number of amides is 1. The van der Waals surface area contributed by atoms with Crippen LogP contribution in [0.1, 0.15) is 46.6 Å². The number of halogens is 1. The average molecular weight is 392 g/mol. The summed E-state index contributed by atoms with van der Waals surface area (Å²) in [5, 5.41) is 3.44. The molecule has 6 heteroatoms. The molecule has 3 rings (SSSR count). The highest BCUT2D eigenvalue weighted by molar-refractivity contribution is 7.17. The van der Waals surface area contributed by atoms with Gasteiger partial charge in [0.1, 0.15) is 16.6 Å². The smallest absolute Gasteiger partial charge is 0.239 e. The zero-order valence-corrected chi connectivity index (χ0v) is 16.5. The van der Waals surface area contributed by atoms with E-state index < -0.39 is 0 Å². The Morgan fingerprint density at radius 1 is 1.31 bits per heavy atom. The Morgan fingerprint density at radius 3 is 2.69 bits per heavy atom. The molecule has 0 aliphatic heterocycles. The second-order valence-corrected chi connectivity index (χ2v) is 7.90. The summed E-state index contributed by atoms with van der Waals surface area (Å²) >= 11 is 7.15. The zero-order chi connectivity index (χ0) is 18.7. The molecule has 138 valence electrons. The second-order valence-electron chi connectivity index (χ2n) is 6.52. The van der Waals surface area contributed by atoms with Crippen LogP contribution in [-0.2, 0) is 17.6 Å². The van der Waals surface area contributed by atoms with E-state index >= 15 is 0 Å². The van der Waals surface area contributed by atoms with Gasteiger partial charge in [0.2, 0.25) is 5.91 Å². The number of nitrogens with one attached hydrogen (secondary N) is 1. The van der Waals surface area contributed by atoms with Gasteiger partial charge in [-0.2, -0.15) is 0 Å². The lowest BCUT2D eigenvalue weighted by atomic mass is 9.86. The first-order valence-electron chi connectivity index (χ1n) is 8.81. The Bertz CT molecular complexity index is 813. The van der Waals surface area contributed by atoms with E-state index in [-0.39, 0.29) is 17.6 Å². The van der Waals surface area contributed by atoms with Crippen LogP contribution < -0.4 is 10.1 Å². The summed E-state index contributed by atoms with van der Waals surface area (Å²) in [7, 11) is 0. The number of fused-ring (bicyclic) bond motifs is 1. The van der Waals surface area contributed by atoms with Crippen LogP contribution in [-0.4, -0.2) is 24.2 Å². The van der Waals surface area contributed by atoms with Gasteiger partial charge < -0.3 is 10.1 Å². The highest BCUT2D eigenvalue weighted by Crippen LogP contribution is 2.40. The van der Waals surface area contributed by atoms with Gasteiger partial charge in [-0.05, 0) is 61.9 Å². The van der Waals surface area contributed by atoms with Crippen LogP contribution >= 0.6 is 22.9 Å². The molecule has 0 bridgehead atoms. The lowest BCUT2D eigenvalue weighted by Gasteiger charge is -2.18. The van der Waals surface area contributed by atoms with Crippen LogP contribution in [0.3, 0.4) is 0 Å². The summed E-state index contributed by atoms with van der Waals surface area (Å²) in [6, 6.07) is 7.15. The first-order chi connectivity index (χ1) is 12.5. The molecule has 2 aromatic rings. The molecule has 1 unspecified atom stereocenters. The van der Waals surface area contributed by atoms with E-state index in [9.17, 15) is 9.59 Å². The van der Waals surface area contributed by atoms with Gasteiger partial charge in [-0.15, -0.1) is 22.9 Å². The Kier molecular flexibility index (Phi) is 5.99. The van der Waals surface area contributed by atoms with Crippen LogP contribution in [0.2, 0.25) is 0 Å². The molecule has 0 saturated heterocycles. The number of rotatable bonds is 6. The maximum absolute atomic E-state index is 13.2. The van der Waals surface area contributed by atoms with E-state index in [0.29, 0.717) is 28.7 Å². The summed E-state index contributed by atoms with van der Waals surface area (Å²) in [6.07, 6.45) is 2.86. The molecule has 26 heavy (non-hydrogen) atoms. The summed E-state index contributed by atoms with van der Waals surface area (Å²) in [5.74, 6) is 0.839. The van der Waals surface area contributed by atoms with Crippen LogP contribution in [0.25, 0.3) is 0 Å². The molecule has 1 aromatic heterocycles. The van der Waals surface area contributed by atoms with Crippen molar-refractivity contribution in [2.45, 2.75) is 33.1 Å². The van der Waals surface area contributed by atoms with Gasteiger partial charge in [0.25, 0.3) is 0 Å². The number of carbonyl (C=O) groups is 2. The van der Waals surface area contributed by atoms with Gasteiger partial charge in [0.15, 0.2) is 5.78 Å². The van der Waals surface area contributed by atoms with Crippen LogP contribution in [0.15, 0.2) is 24.3 Å². The molecular formula is C20H22ClNO3S. The van der Waals surface area contributed by atoms with Crippen molar-refractivity contribution in [3.63, 3.8) is 0 Å². The maximum Gasteiger partial charge on any atom is 0.239 e. The molecule has 1 amide bonds. The molecule has 1 heterocycles. The number of hydrogen-bond acceptors (Lipinski definition) is 4. The lowest BCUT2D eigenvalue weighted by Crippen LogP contribution is -2.16. The fourth-order valence-electron chi connectivity index (χ4n) is 3.25. The SMILES string of the molecule is CCOc1ccc(C(=O)c2c(NC(=O)CCl)sc3c2CCC(C)C3)cc1. The second kappa shape index (κ2) is 8.23. The van der Waals surface area contributed by atoms with Crippen molar-refractivity contribution in [1.82, 2.24) is 0 Å². The Morgan fingerprint density at radius 2 is 2.04 bits per heavy atom. The standard InChI is InChI=1S/C20H22ClNO3S/c1-3-25-14-7-5-13(6-8-14)19(24)18-15-9-4-12(2)10-16(15)26-20(18)22-17(23)11-21/h5-8,12H,3-4,9-11H2,1-2H3,(H,22,23). The molecule has 0 spiro atoms. The van der Waals surface area contributed by atoms with Crippen molar-refractivity contribution in [2.75, 3.05) is 17.8 Å². The van der Waals surface area contributed by atoms with Crippen LogP contribution in [0.5, 0.6) is 5.75 Å². The normalized spacial score (nSPS) is 16.0. The zero-order valence-electron chi connectivity index (χ0n) is 14.9. The number of carbonyl (C=O) groups excluding carboxylic acids is 2. The number of ketones is 1. The summed E-state index contributed by atoms with van der Waals surface area (Å²) in [5.41, 5.74) is 2.30. The Balaban J connectivity index is 1.98. The van der Waals surface area contributed by atoms with Gasteiger partial charge in [0.05, 0.1) is 12.2 Å². The molecule has 0 fully saturated rings. The van der Waals surface area contributed by atoms with Crippen molar-refractivity contribution in [1.29, 1.82) is 0 Å². The molecule has 1 aliphatic rings. The predicted molar refractivity (Wildman–Crippen MR) is 106 cm³/mol. The third kappa shape index (κ3) is 3.94. The molecule has 0 saturated carbocycles. The molecule has 1 aromatic carbocycles. The molecular weight excluding hydrogens is 370 g/mol. The molecule has 0 radical (unpaired) electrons. The number of benzene rings is 1. The first kappa shape index (κ1) is 18.9. The average Bonchev–Trinajstić information content (AvgIpc) is 2.98. The summed E-state index contributed by atoms with van der Waals surface area (Å²) in [4.78, 5) is 26.2. The van der Waals surface area contributed by atoms with Gasteiger partial charge >= 0.3 is 0 Å². The number of ether oxygens (including phenoxy) is 1. The number of hydrogen-bond donors (Lipinski definition) is 1. The van der Waals surface area contributed by atoms with Crippen molar-refractivity contribution in [3.05, 3.63) is 45.8 Å². The first-order valence-corrected chi connectivity index (χ1v) is 10.2. The maximum atomic E-state index is 13.2. The van der Waals surface area contributed by atoms with E-state index in [1.807, 2.05) is 6.92 Å². The van der Waals surface area contributed by atoms with Crippen molar-refractivity contribution >= 4 is 39.6 Å². The van der Waals surface area contributed by atoms with Gasteiger partial charge in [0, 0.05) is 10.4 Å². The highest BCUT2D eigenvalue weighted by atomic mass is 35.5. The van der Waals surface area contributed by atoms with Crippen molar-refractivity contribution in [2.24, 2.45) is 5.92 Å². The third-order valence-electron chi connectivity index (χ3n) is 4.54. The van der Waals surface area contributed by atoms with Crippen molar-refractivity contribution < 1.29 is 14.3 Å². The Hall–Kier alpha value is -1.85. The predicted octanol–water partition coefficient (Wildman–Crippen LogP) is 4.68. The van der Waals surface area contributed by atoms with E-state index in [4.69, 9.17) is 16.3 Å². The molecule has 1 atom stereocenters. The third-order valence-corrected chi connectivity index (χ3v) is 5.95. The van der Waals surface area contributed by atoms with Gasteiger partial charge in [-0.3, -0.25) is 9.59 Å². The van der Waals surface area contributed by atoms with Crippen LogP contribution in [0.4, 0.5) is 5.00 Å². The summed E-state index contributed by atoms with van der Waals surface area (Å²) < 4.78 is 5.44. The van der Waals surface area contributed by atoms with Crippen LogP contribution in [0, 0.1) is 5.92 Å². The quantitative estimate of drug-likeness (QED) is 0.574. The molecule has 4 nitrogen and oxygen atoms in total. The molecule has 1 aliphatic carbocycles. The van der Waals surface area contributed by atoms with E-state index in [0.717, 1.165) is 30.6 Å². The van der Waals surface area contributed by atoms with E-state index in [1.54, 1.807) is 24.3 Å². The fraction of sp³-hybridized carbons (Fsp3) is 0.400. The van der Waals surface area contributed by atoms with Crippen molar-refractivity contribution in [3.8, 4) is 5.75 Å². The topological polar surface area (TPSA) is 55.4 Å². The Labute approximate surface area is 162 Å². The number of thiophene rings is 1. The molecule has 1 N–H and O–H groups in total. The minimum atomic E-state index is -0.293.